The molecule has 4 rings (SSSR count). The summed E-state index contributed by atoms with van der Waals surface area (Å²) in [6, 6.07) is 21.7. The molecule has 4 heteroatoms. The second-order valence-corrected chi connectivity index (χ2v) is 6.44. The van der Waals surface area contributed by atoms with E-state index in [1.54, 1.807) is 17.6 Å². The van der Waals surface area contributed by atoms with Crippen molar-refractivity contribution in [2.75, 3.05) is 0 Å². The molecule has 2 N–H and O–H groups in total. The van der Waals surface area contributed by atoms with Crippen LogP contribution < -0.4 is 5.48 Å². The van der Waals surface area contributed by atoms with Crippen LogP contribution in [0.2, 0.25) is 0 Å². The maximum absolute atomic E-state index is 11.6. The fraction of sp³-hybridized carbons (Fsp3) is 0.0909. The van der Waals surface area contributed by atoms with Gasteiger partial charge in [0.25, 0.3) is 5.91 Å². The van der Waals surface area contributed by atoms with Gasteiger partial charge in [-0.25, -0.2) is 10.5 Å². The minimum absolute atomic E-state index is 0.398. The summed E-state index contributed by atoms with van der Waals surface area (Å²) in [5.74, 6) is -0.527. The smallest absolute Gasteiger partial charge is 0.274 e. The molecular weight excluding hydrogens is 324 g/mol. The Labute approximate surface area is 151 Å². The van der Waals surface area contributed by atoms with Crippen molar-refractivity contribution in [3.05, 3.63) is 100 Å². The lowest BCUT2D eigenvalue weighted by Crippen LogP contribution is -2.18. The zero-order valence-corrected chi connectivity index (χ0v) is 14.4. The SMILES string of the molecule is Cc1ccc2c(c1)N=C(c1ccc(C(=O)NO)cc1)c1ccccc1C2. The molecule has 1 aliphatic heterocycles. The van der Waals surface area contributed by atoms with Crippen molar-refractivity contribution in [3.63, 3.8) is 0 Å². The fourth-order valence-corrected chi connectivity index (χ4v) is 3.28. The van der Waals surface area contributed by atoms with Gasteiger partial charge in [-0.1, -0.05) is 48.5 Å². The van der Waals surface area contributed by atoms with E-state index < -0.39 is 5.91 Å². The molecule has 0 saturated carbocycles. The molecule has 0 spiro atoms. The molecule has 0 fully saturated rings. The quantitative estimate of drug-likeness (QED) is 0.424. The first-order valence-corrected chi connectivity index (χ1v) is 8.47. The van der Waals surface area contributed by atoms with Crippen LogP contribution in [0.3, 0.4) is 0 Å². The Morgan fingerprint density at radius 3 is 2.54 bits per heavy atom. The van der Waals surface area contributed by atoms with Gasteiger partial charge in [0.15, 0.2) is 0 Å². The number of carbonyl (C=O) groups excluding carboxylic acids is 1. The van der Waals surface area contributed by atoms with Crippen molar-refractivity contribution in [1.82, 2.24) is 5.48 Å². The van der Waals surface area contributed by atoms with Crippen LogP contribution >= 0.6 is 0 Å². The summed E-state index contributed by atoms with van der Waals surface area (Å²) in [6.45, 7) is 2.07. The number of carbonyl (C=O) groups is 1. The number of hydrogen-bond acceptors (Lipinski definition) is 3. The summed E-state index contributed by atoms with van der Waals surface area (Å²) in [6.07, 6.45) is 0.837. The van der Waals surface area contributed by atoms with Crippen molar-refractivity contribution < 1.29 is 10.0 Å². The summed E-state index contributed by atoms with van der Waals surface area (Å²) in [5.41, 5.74) is 9.56. The number of nitrogens with zero attached hydrogens (tertiary/aromatic N) is 1. The molecule has 1 aliphatic rings. The number of fused-ring (bicyclic) bond motifs is 2. The molecule has 3 aromatic rings. The minimum Gasteiger partial charge on any atom is -0.288 e. The number of hydrogen-bond donors (Lipinski definition) is 2. The molecule has 1 heterocycles. The van der Waals surface area contributed by atoms with E-state index in [0.717, 1.165) is 28.9 Å². The number of aliphatic imine (C=N–C) groups is 1. The highest BCUT2D eigenvalue weighted by Gasteiger charge is 2.18. The van der Waals surface area contributed by atoms with E-state index in [9.17, 15) is 4.79 Å². The fourth-order valence-electron chi connectivity index (χ4n) is 3.28. The third kappa shape index (κ3) is 2.91. The van der Waals surface area contributed by atoms with Crippen LogP contribution in [0.25, 0.3) is 0 Å². The van der Waals surface area contributed by atoms with Gasteiger partial charge in [-0.2, -0.15) is 0 Å². The van der Waals surface area contributed by atoms with Crippen molar-refractivity contribution in [2.45, 2.75) is 13.3 Å². The number of nitrogens with one attached hydrogen (secondary N) is 1. The van der Waals surface area contributed by atoms with Gasteiger partial charge < -0.3 is 0 Å². The highest BCUT2D eigenvalue weighted by molar-refractivity contribution is 6.15. The van der Waals surface area contributed by atoms with Gasteiger partial charge in [-0.15, -0.1) is 0 Å². The monoisotopic (exact) mass is 342 g/mol. The Morgan fingerprint density at radius 1 is 1.00 bits per heavy atom. The maximum atomic E-state index is 11.6. The molecule has 0 unspecified atom stereocenters. The zero-order chi connectivity index (χ0) is 18.1. The molecule has 0 bridgehead atoms. The second kappa shape index (κ2) is 6.58. The topological polar surface area (TPSA) is 61.7 Å². The Morgan fingerprint density at radius 2 is 1.77 bits per heavy atom. The molecule has 3 aromatic carbocycles. The van der Waals surface area contributed by atoms with Gasteiger partial charge in [0.2, 0.25) is 0 Å². The van der Waals surface area contributed by atoms with Crippen molar-refractivity contribution >= 4 is 17.3 Å². The molecule has 0 saturated heterocycles. The van der Waals surface area contributed by atoms with Crippen LogP contribution in [-0.4, -0.2) is 16.8 Å². The molecule has 1 amide bonds. The number of benzene rings is 3. The van der Waals surface area contributed by atoms with Crippen molar-refractivity contribution in [1.29, 1.82) is 0 Å². The predicted octanol–water partition coefficient (Wildman–Crippen LogP) is 4.19. The van der Waals surface area contributed by atoms with E-state index in [1.165, 1.54) is 16.7 Å². The Bertz CT molecular complexity index is 1020. The first-order chi connectivity index (χ1) is 12.7. The van der Waals surface area contributed by atoms with E-state index in [-0.39, 0.29) is 0 Å². The lowest BCUT2D eigenvalue weighted by Gasteiger charge is -2.10. The highest BCUT2D eigenvalue weighted by Crippen LogP contribution is 2.31. The second-order valence-electron chi connectivity index (χ2n) is 6.44. The number of hydroxylamine groups is 1. The zero-order valence-electron chi connectivity index (χ0n) is 14.4. The third-order valence-electron chi connectivity index (χ3n) is 4.65. The summed E-state index contributed by atoms with van der Waals surface area (Å²) in [7, 11) is 0. The van der Waals surface area contributed by atoms with Crippen LogP contribution in [0.1, 0.15) is 38.2 Å². The van der Waals surface area contributed by atoms with E-state index in [2.05, 4.69) is 37.3 Å². The molecular formula is C22H18N2O2. The third-order valence-corrected chi connectivity index (χ3v) is 4.65. The molecule has 0 radical (unpaired) electrons. The van der Waals surface area contributed by atoms with Gasteiger partial charge >= 0.3 is 0 Å². The van der Waals surface area contributed by atoms with Gasteiger partial charge in [0, 0.05) is 23.1 Å². The molecule has 0 aliphatic carbocycles. The lowest BCUT2D eigenvalue weighted by molar-refractivity contribution is 0.0706. The van der Waals surface area contributed by atoms with E-state index in [0.29, 0.717) is 5.56 Å². The van der Waals surface area contributed by atoms with Gasteiger partial charge in [-0.05, 0) is 41.8 Å². The highest BCUT2D eigenvalue weighted by atomic mass is 16.5. The number of rotatable bonds is 2. The van der Waals surface area contributed by atoms with E-state index in [4.69, 9.17) is 10.2 Å². The predicted molar refractivity (Wildman–Crippen MR) is 101 cm³/mol. The van der Waals surface area contributed by atoms with Crippen LogP contribution in [-0.2, 0) is 6.42 Å². The maximum Gasteiger partial charge on any atom is 0.274 e. The van der Waals surface area contributed by atoms with Gasteiger partial charge in [0.1, 0.15) is 0 Å². The lowest BCUT2D eigenvalue weighted by atomic mass is 9.94. The molecule has 26 heavy (non-hydrogen) atoms. The first-order valence-electron chi connectivity index (χ1n) is 8.47. The van der Waals surface area contributed by atoms with E-state index >= 15 is 0 Å². The standard InChI is InChI=1S/C22H18N2O2/c1-14-6-7-18-13-17-4-2-3-5-19(17)21(23-20(18)12-14)15-8-10-16(11-9-15)22(25)24-26/h2-12,26H,13H2,1H3,(H,24,25). The Hall–Kier alpha value is -3.24. The average Bonchev–Trinajstić information content (AvgIpc) is 2.84. The van der Waals surface area contributed by atoms with Crippen molar-refractivity contribution in [3.8, 4) is 0 Å². The van der Waals surface area contributed by atoms with Crippen LogP contribution in [0.4, 0.5) is 5.69 Å². The number of aryl methyl sites for hydroxylation is 1. The normalized spacial score (nSPS) is 12.5. The minimum atomic E-state index is -0.527. The number of amides is 1. The average molecular weight is 342 g/mol. The molecule has 4 nitrogen and oxygen atoms in total. The Balaban J connectivity index is 1.88. The molecule has 0 aromatic heterocycles. The van der Waals surface area contributed by atoms with E-state index in [1.807, 2.05) is 24.3 Å². The van der Waals surface area contributed by atoms with Crippen LogP contribution in [0, 0.1) is 6.92 Å². The summed E-state index contributed by atoms with van der Waals surface area (Å²) in [5, 5.41) is 8.79. The summed E-state index contributed by atoms with van der Waals surface area (Å²) < 4.78 is 0. The van der Waals surface area contributed by atoms with Crippen LogP contribution in [0.5, 0.6) is 0 Å². The molecule has 128 valence electrons. The Kier molecular flexibility index (Phi) is 4.11. The van der Waals surface area contributed by atoms with Gasteiger partial charge in [0.05, 0.1) is 11.4 Å². The van der Waals surface area contributed by atoms with Gasteiger partial charge in [-0.3, -0.25) is 10.0 Å². The largest absolute Gasteiger partial charge is 0.288 e. The van der Waals surface area contributed by atoms with Crippen molar-refractivity contribution in [2.24, 2.45) is 4.99 Å². The first kappa shape index (κ1) is 16.2. The van der Waals surface area contributed by atoms with Crippen LogP contribution in [0.15, 0.2) is 71.7 Å². The summed E-state index contributed by atoms with van der Waals surface area (Å²) in [4.78, 5) is 16.5. The summed E-state index contributed by atoms with van der Waals surface area (Å²) >= 11 is 0. The molecule has 0 atom stereocenters.